The number of nitrogens with zero attached hydrogens (tertiary/aromatic N) is 2. The molecule has 2 amide bonds. The molecule has 1 N–H and O–H groups in total. The molecule has 5 nitrogen and oxygen atoms in total. The second-order valence-electron chi connectivity index (χ2n) is 5.43. The highest BCUT2D eigenvalue weighted by Crippen LogP contribution is 2.27. The third-order valence-electron chi connectivity index (χ3n) is 4.02. The standard InChI is InChI=1S/C19H12N2O3/c22-17-10-9-12-5-1-2-6-13(12)16(17)11-20-21-18(23)14-7-3-4-8-15(14)19(21)24/h1-11,22H/b20-11+. The zero-order valence-corrected chi connectivity index (χ0v) is 12.5. The number of amides is 2. The molecule has 0 aliphatic carbocycles. The van der Waals surface area contributed by atoms with Crippen molar-refractivity contribution >= 4 is 28.8 Å². The molecule has 0 saturated carbocycles. The fourth-order valence-corrected chi connectivity index (χ4v) is 2.82. The molecule has 0 saturated heterocycles. The minimum Gasteiger partial charge on any atom is -0.507 e. The van der Waals surface area contributed by atoms with E-state index < -0.39 is 11.8 Å². The number of carbonyl (C=O) groups is 2. The molecular formula is C19H12N2O3. The average molecular weight is 316 g/mol. The summed E-state index contributed by atoms with van der Waals surface area (Å²) >= 11 is 0. The number of aromatic hydroxyl groups is 1. The van der Waals surface area contributed by atoms with Gasteiger partial charge in [0, 0.05) is 5.56 Å². The van der Waals surface area contributed by atoms with Crippen molar-refractivity contribution in [3.8, 4) is 5.75 Å². The lowest BCUT2D eigenvalue weighted by Gasteiger charge is -2.08. The van der Waals surface area contributed by atoms with E-state index in [0.717, 1.165) is 15.8 Å². The SMILES string of the molecule is O=C1c2ccccc2C(=O)N1/N=C/c1c(O)ccc2ccccc12. The van der Waals surface area contributed by atoms with Crippen LogP contribution < -0.4 is 0 Å². The fraction of sp³-hybridized carbons (Fsp3) is 0. The van der Waals surface area contributed by atoms with Gasteiger partial charge in [0.15, 0.2) is 0 Å². The number of hydrogen-bond acceptors (Lipinski definition) is 4. The molecule has 0 aromatic heterocycles. The van der Waals surface area contributed by atoms with Crippen LogP contribution >= 0.6 is 0 Å². The molecule has 3 aromatic carbocycles. The Hall–Kier alpha value is -3.47. The van der Waals surface area contributed by atoms with Crippen LogP contribution in [0.2, 0.25) is 0 Å². The highest BCUT2D eigenvalue weighted by atomic mass is 16.3. The highest BCUT2D eigenvalue weighted by molar-refractivity contribution is 6.21. The minimum absolute atomic E-state index is 0.0362. The monoisotopic (exact) mass is 316 g/mol. The van der Waals surface area contributed by atoms with E-state index >= 15 is 0 Å². The molecule has 24 heavy (non-hydrogen) atoms. The Labute approximate surface area is 137 Å². The summed E-state index contributed by atoms with van der Waals surface area (Å²) in [6, 6.07) is 17.5. The van der Waals surface area contributed by atoms with E-state index in [4.69, 9.17) is 0 Å². The number of phenolic OH excluding ortho intramolecular Hbond substituents is 1. The fourth-order valence-electron chi connectivity index (χ4n) is 2.82. The highest BCUT2D eigenvalue weighted by Gasteiger charge is 2.35. The van der Waals surface area contributed by atoms with E-state index in [1.54, 1.807) is 36.4 Å². The first-order valence-corrected chi connectivity index (χ1v) is 7.39. The van der Waals surface area contributed by atoms with Gasteiger partial charge in [-0.1, -0.05) is 42.5 Å². The summed E-state index contributed by atoms with van der Waals surface area (Å²) in [5.74, 6) is -0.896. The van der Waals surface area contributed by atoms with Crippen molar-refractivity contribution in [2.24, 2.45) is 5.10 Å². The van der Waals surface area contributed by atoms with Crippen LogP contribution in [-0.2, 0) is 0 Å². The van der Waals surface area contributed by atoms with Gasteiger partial charge in [-0.05, 0) is 29.0 Å². The lowest BCUT2D eigenvalue weighted by atomic mass is 10.0. The predicted octanol–water partition coefficient (Wildman–Crippen LogP) is 3.18. The summed E-state index contributed by atoms with van der Waals surface area (Å²) in [6.07, 6.45) is 1.35. The quantitative estimate of drug-likeness (QED) is 0.583. The zero-order chi connectivity index (χ0) is 16.7. The topological polar surface area (TPSA) is 70.0 Å². The van der Waals surface area contributed by atoms with E-state index in [1.807, 2.05) is 24.3 Å². The number of phenols is 1. The Morgan fingerprint density at radius 2 is 1.46 bits per heavy atom. The molecule has 4 rings (SSSR count). The summed E-state index contributed by atoms with van der Waals surface area (Å²) in [5.41, 5.74) is 1.13. The van der Waals surface area contributed by atoms with Crippen molar-refractivity contribution in [3.05, 3.63) is 77.4 Å². The van der Waals surface area contributed by atoms with Crippen LogP contribution in [0.4, 0.5) is 0 Å². The third-order valence-corrected chi connectivity index (χ3v) is 4.02. The normalized spacial score (nSPS) is 13.9. The van der Waals surface area contributed by atoms with Crippen LogP contribution in [0, 0.1) is 0 Å². The van der Waals surface area contributed by atoms with Gasteiger partial charge < -0.3 is 5.11 Å². The number of benzene rings is 3. The molecule has 3 aromatic rings. The number of hydrazone groups is 1. The van der Waals surface area contributed by atoms with Crippen molar-refractivity contribution in [2.45, 2.75) is 0 Å². The molecule has 1 heterocycles. The maximum Gasteiger partial charge on any atom is 0.282 e. The largest absolute Gasteiger partial charge is 0.507 e. The number of imide groups is 1. The van der Waals surface area contributed by atoms with Crippen molar-refractivity contribution < 1.29 is 14.7 Å². The molecule has 1 aliphatic heterocycles. The van der Waals surface area contributed by atoms with Crippen LogP contribution in [0.5, 0.6) is 5.75 Å². The number of rotatable bonds is 2. The maximum atomic E-state index is 12.3. The first-order chi connectivity index (χ1) is 11.7. The summed E-state index contributed by atoms with van der Waals surface area (Å²) in [7, 11) is 0. The molecule has 0 fully saturated rings. The van der Waals surface area contributed by atoms with Crippen LogP contribution in [0.15, 0.2) is 65.8 Å². The van der Waals surface area contributed by atoms with E-state index in [0.29, 0.717) is 16.7 Å². The van der Waals surface area contributed by atoms with Gasteiger partial charge in [-0.25, -0.2) is 0 Å². The molecule has 116 valence electrons. The first kappa shape index (κ1) is 14.1. The Morgan fingerprint density at radius 1 is 0.833 bits per heavy atom. The van der Waals surface area contributed by atoms with Crippen molar-refractivity contribution in [1.82, 2.24) is 5.01 Å². The maximum absolute atomic E-state index is 12.3. The predicted molar refractivity (Wildman–Crippen MR) is 90.1 cm³/mol. The van der Waals surface area contributed by atoms with Gasteiger partial charge in [-0.2, -0.15) is 10.1 Å². The number of fused-ring (bicyclic) bond motifs is 2. The Bertz CT molecular complexity index is 989. The molecule has 0 radical (unpaired) electrons. The number of hydrogen-bond donors (Lipinski definition) is 1. The van der Waals surface area contributed by atoms with E-state index in [-0.39, 0.29) is 5.75 Å². The smallest absolute Gasteiger partial charge is 0.282 e. The zero-order valence-electron chi connectivity index (χ0n) is 12.5. The van der Waals surface area contributed by atoms with Gasteiger partial charge in [0.1, 0.15) is 5.75 Å². The van der Waals surface area contributed by atoms with E-state index in [9.17, 15) is 14.7 Å². The molecule has 0 atom stereocenters. The molecule has 1 aliphatic rings. The molecule has 0 unspecified atom stereocenters. The minimum atomic E-state index is -0.466. The van der Waals surface area contributed by atoms with Crippen molar-refractivity contribution in [2.75, 3.05) is 0 Å². The van der Waals surface area contributed by atoms with E-state index in [1.165, 1.54) is 6.21 Å². The van der Waals surface area contributed by atoms with Crippen LogP contribution in [-0.4, -0.2) is 28.1 Å². The van der Waals surface area contributed by atoms with Gasteiger partial charge >= 0.3 is 0 Å². The van der Waals surface area contributed by atoms with Gasteiger partial charge in [0.25, 0.3) is 11.8 Å². The lowest BCUT2D eigenvalue weighted by molar-refractivity contribution is 0.0660. The Balaban J connectivity index is 1.76. The second kappa shape index (κ2) is 5.31. The van der Waals surface area contributed by atoms with Gasteiger partial charge in [0.05, 0.1) is 17.3 Å². The summed E-state index contributed by atoms with van der Waals surface area (Å²) in [5, 5.41) is 16.7. The summed E-state index contributed by atoms with van der Waals surface area (Å²) in [6.45, 7) is 0. The number of carbonyl (C=O) groups excluding carboxylic acids is 2. The first-order valence-electron chi connectivity index (χ1n) is 7.39. The van der Waals surface area contributed by atoms with Crippen molar-refractivity contribution in [3.63, 3.8) is 0 Å². The Morgan fingerprint density at radius 3 is 2.17 bits per heavy atom. The molecule has 0 bridgehead atoms. The van der Waals surface area contributed by atoms with E-state index in [2.05, 4.69) is 5.10 Å². The summed E-state index contributed by atoms with van der Waals surface area (Å²) in [4.78, 5) is 24.6. The van der Waals surface area contributed by atoms with Crippen molar-refractivity contribution in [1.29, 1.82) is 0 Å². The molecular weight excluding hydrogens is 304 g/mol. The van der Waals surface area contributed by atoms with Gasteiger partial charge in [-0.15, -0.1) is 0 Å². The van der Waals surface area contributed by atoms with Gasteiger partial charge in [-0.3, -0.25) is 9.59 Å². The second-order valence-corrected chi connectivity index (χ2v) is 5.43. The third kappa shape index (κ3) is 2.06. The average Bonchev–Trinajstić information content (AvgIpc) is 2.86. The van der Waals surface area contributed by atoms with Crippen LogP contribution in [0.25, 0.3) is 10.8 Å². The Kier molecular flexibility index (Phi) is 3.13. The van der Waals surface area contributed by atoms with Crippen LogP contribution in [0.1, 0.15) is 26.3 Å². The summed E-state index contributed by atoms with van der Waals surface area (Å²) < 4.78 is 0. The molecule has 5 heteroatoms. The van der Waals surface area contributed by atoms with Crippen LogP contribution in [0.3, 0.4) is 0 Å². The molecule has 0 spiro atoms. The van der Waals surface area contributed by atoms with Gasteiger partial charge in [0.2, 0.25) is 0 Å². The lowest BCUT2D eigenvalue weighted by Crippen LogP contribution is -2.24.